The van der Waals surface area contributed by atoms with Crippen molar-refractivity contribution in [1.29, 1.82) is 0 Å². The maximum atomic E-state index is 13.3. The number of rotatable bonds is 4. The molecular formula is C21H24O6S. The molecule has 0 aromatic heterocycles. The van der Waals surface area contributed by atoms with Gasteiger partial charge in [-0.2, -0.15) is 0 Å². The number of aliphatic hydroxyl groups is 1. The molecule has 0 radical (unpaired) electrons. The van der Waals surface area contributed by atoms with Gasteiger partial charge in [0, 0.05) is 11.1 Å². The van der Waals surface area contributed by atoms with Crippen molar-refractivity contribution < 1.29 is 27.8 Å². The molecule has 1 aliphatic heterocycles. The Morgan fingerprint density at radius 2 is 1.86 bits per heavy atom. The average molecular weight is 404 g/mol. The molecule has 3 rings (SSSR count). The fourth-order valence-electron chi connectivity index (χ4n) is 3.47. The summed E-state index contributed by atoms with van der Waals surface area (Å²) in [5.74, 6) is -0.552. The molecule has 1 aliphatic rings. The molecule has 6 nitrogen and oxygen atoms in total. The van der Waals surface area contributed by atoms with Crippen molar-refractivity contribution >= 4 is 15.8 Å². The first-order valence-corrected chi connectivity index (χ1v) is 10.6. The molecule has 2 aromatic rings. The fourth-order valence-corrected chi connectivity index (χ4v) is 5.11. The highest BCUT2D eigenvalue weighted by Gasteiger charge is 2.35. The lowest BCUT2D eigenvalue weighted by Crippen LogP contribution is -2.20. The lowest BCUT2D eigenvalue weighted by Gasteiger charge is -2.23. The SMILES string of the molecule is COc1c(C(O)CC(C)C)ccc2c1C(=O)OCc1cc(C)ccc1S2(=O)=O. The van der Waals surface area contributed by atoms with Gasteiger partial charge in [0.15, 0.2) is 0 Å². The number of aryl methyl sites for hydroxylation is 1. The van der Waals surface area contributed by atoms with Gasteiger partial charge in [-0.15, -0.1) is 0 Å². The first kappa shape index (κ1) is 20.4. The third-order valence-corrected chi connectivity index (χ3v) is 6.66. The summed E-state index contributed by atoms with van der Waals surface area (Å²) in [6.07, 6.45) is -0.449. The number of fused-ring (bicyclic) bond motifs is 2. The Morgan fingerprint density at radius 1 is 1.18 bits per heavy atom. The molecule has 0 aliphatic carbocycles. The molecule has 0 fully saturated rings. The topological polar surface area (TPSA) is 89.9 Å². The van der Waals surface area contributed by atoms with Crippen LogP contribution in [0.4, 0.5) is 0 Å². The van der Waals surface area contributed by atoms with Gasteiger partial charge < -0.3 is 14.6 Å². The van der Waals surface area contributed by atoms with Gasteiger partial charge in [0.2, 0.25) is 9.84 Å². The van der Waals surface area contributed by atoms with E-state index in [1.165, 1.54) is 25.3 Å². The highest BCUT2D eigenvalue weighted by atomic mass is 32.2. The van der Waals surface area contributed by atoms with Crippen LogP contribution in [0.1, 0.15) is 53.4 Å². The van der Waals surface area contributed by atoms with E-state index in [1.807, 2.05) is 20.8 Å². The maximum Gasteiger partial charge on any atom is 0.343 e. The Bertz CT molecular complexity index is 1020. The van der Waals surface area contributed by atoms with Crippen LogP contribution in [0.5, 0.6) is 5.75 Å². The van der Waals surface area contributed by atoms with E-state index in [2.05, 4.69) is 0 Å². The molecule has 7 heteroatoms. The monoisotopic (exact) mass is 404 g/mol. The Balaban J connectivity index is 2.27. The van der Waals surface area contributed by atoms with Gasteiger partial charge in [0.25, 0.3) is 0 Å². The molecule has 0 saturated heterocycles. The Hall–Kier alpha value is -2.38. The standard InChI is InChI=1S/C21H24O6S/c1-12(2)9-16(22)15-6-8-18-19(20(15)26-4)21(23)27-11-14-10-13(3)5-7-17(14)28(18,24)25/h5-8,10,12,16,22H,9,11H2,1-4H3. The number of benzene rings is 2. The van der Waals surface area contributed by atoms with Crippen LogP contribution in [-0.2, 0) is 21.2 Å². The van der Waals surface area contributed by atoms with Gasteiger partial charge >= 0.3 is 5.97 Å². The van der Waals surface area contributed by atoms with Crippen LogP contribution in [0.15, 0.2) is 40.1 Å². The predicted molar refractivity (Wildman–Crippen MR) is 103 cm³/mol. The van der Waals surface area contributed by atoms with Crippen molar-refractivity contribution in [1.82, 2.24) is 0 Å². The van der Waals surface area contributed by atoms with Gasteiger partial charge in [-0.25, -0.2) is 13.2 Å². The highest BCUT2D eigenvalue weighted by molar-refractivity contribution is 7.91. The smallest absolute Gasteiger partial charge is 0.343 e. The summed E-state index contributed by atoms with van der Waals surface area (Å²) in [7, 11) is -2.63. The zero-order valence-corrected chi connectivity index (χ0v) is 17.2. The molecule has 0 saturated carbocycles. The third-order valence-electron chi connectivity index (χ3n) is 4.77. The van der Waals surface area contributed by atoms with Crippen LogP contribution in [-0.4, -0.2) is 26.6 Å². The van der Waals surface area contributed by atoms with Crippen LogP contribution >= 0.6 is 0 Å². The first-order chi connectivity index (χ1) is 13.2. The van der Waals surface area contributed by atoms with E-state index in [-0.39, 0.29) is 33.6 Å². The number of hydrogen-bond donors (Lipinski definition) is 1. The van der Waals surface area contributed by atoms with Gasteiger partial charge in [0.05, 0.1) is 23.0 Å². The van der Waals surface area contributed by atoms with Crippen molar-refractivity contribution in [3.63, 3.8) is 0 Å². The molecule has 1 N–H and O–H groups in total. The Labute approximate surface area is 165 Å². The summed E-state index contributed by atoms with van der Waals surface area (Å²) in [6.45, 7) is 5.60. The second-order valence-electron chi connectivity index (χ2n) is 7.40. The molecule has 150 valence electrons. The normalized spacial score (nSPS) is 16.4. The molecule has 0 spiro atoms. The lowest BCUT2D eigenvalue weighted by molar-refractivity contribution is 0.0457. The van der Waals surface area contributed by atoms with Gasteiger partial charge in [-0.3, -0.25) is 0 Å². The summed E-state index contributed by atoms with van der Waals surface area (Å²) in [4.78, 5) is 12.7. The summed E-state index contributed by atoms with van der Waals surface area (Å²) in [5.41, 5.74) is 1.50. The van der Waals surface area contributed by atoms with Crippen molar-refractivity contribution in [2.24, 2.45) is 5.92 Å². The Morgan fingerprint density at radius 3 is 2.50 bits per heavy atom. The maximum absolute atomic E-state index is 13.3. The van der Waals surface area contributed by atoms with Crippen LogP contribution < -0.4 is 4.74 Å². The number of methoxy groups -OCH3 is 1. The van der Waals surface area contributed by atoms with Crippen molar-refractivity contribution in [3.8, 4) is 5.75 Å². The minimum atomic E-state index is -3.97. The largest absolute Gasteiger partial charge is 0.495 e. The molecule has 2 aromatic carbocycles. The number of sulfone groups is 1. The van der Waals surface area contributed by atoms with Crippen LogP contribution in [0.25, 0.3) is 0 Å². The summed E-state index contributed by atoms with van der Waals surface area (Å²) >= 11 is 0. The van der Waals surface area contributed by atoms with Crippen molar-refractivity contribution in [3.05, 3.63) is 52.6 Å². The number of carbonyl (C=O) groups is 1. The van der Waals surface area contributed by atoms with Crippen LogP contribution in [0.3, 0.4) is 0 Å². The summed E-state index contributed by atoms with van der Waals surface area (Å²) in [6, 6.07) is 7.78. The summed E-state index contributed by atoms with van der Waals surface area (Å²) < 4.78 is 37.4. The third kappa shape index (κ3) is 3.52. The molecule has 0 amide bonds. The number of carbonyl (C=O) groups excluding carboxylic acids is 1. The van der Waals surface area contributed by atoms with E-state index in [1.54, 1.807) is 12.1 Å². The number of hydrogen-bond acceptors (Lipinski definition) is 6. The first-order valence-electron chi connectivity index (χ1n) is 9.07. The van der Waals surface area contributed by atoms with Crippen molar-refractivity contribution in [2.45, 2.75) is 49.7 Å². The minimum Gasteiger partial charge on any atom is -0.495 e. The highest BCUT2D eigenvalue weighted by Crippen LogP contribution is 2.40. The summed E-state index contributed by atoms with van der Waals surface area (Å²) in [5, 5.41) is 10.6. The second kappa shape index (κ2) is 7.56. The number of cyclic esters (lactones) is 1. The lowest BCUT2D eigenvalue weighted by atomic mass is 9.97. The molecule has 1 unspecified atom stereocenters. The van der Waals surface area contributed by atoms with E-state index in [0.717, 1.165) is 5.56 Å². The average Bonchev–Trinajstić information content (AvgIpc) is 2.63. The zero-order valence-electron chi connectivity index (χ0n) is 16.4. The van der Waals surface area contributed by atoms with Crippen LogP contribution in [0, 0.1) is 12.8 Å². The van der Waals surface area contributed by atoms with E-state index >= 15 is 0 Å². The predicted octanol–water partition coefficient (Wildman–Crippen LogP) is 3.59. The number of aliphatic hydroxyl groups excluding tert-OH is 1. The van der Waals surface area contributed by atoms with E-state index < -0.39 is 21.9 Å². The van der Waals surface area contributed by atoms with Gasteiger partial charge in [0.1, 0.15) is 17.9 Å². The Kier molecular flexibility index (Phi) is 5.50. The van der Waals surface area contributed by atoms with Gasteiger partial charge in [-0.05, 0) is 31.4 Å². The van der Waals surface area contributed by atoms with E-state index in [4.69, 9.17) is 9.47 Å². The zero-order chi connectivity index (χ0) is 20.6. The number of ether oxygens (including phenoxy) is 2. The minimum absolute atomic E-state index is 0.0368. The van der Waals surface area contributed by atoms with E-state index in [0.29, 0.717) is 17.5 Å². The second-order valence-corrected chi connectivity index (χ2v) is 9.28. The molecule has 0 bridgehead atoms. The molecular weight excluding hydrogens is 380 g/mol. The van der Waals surface area contributed by atoms with E-state index in [9.17, 15) is 18.3 Å². The molecule has 28 heavy (non-hydrogen) atoms. The van der Waals surface area contributed by atoms with Crippen molar-refractivity contribution in [2.75, 3.05) is 7.11 Å². The van der Waals surface area contributed by atoms with Gasteiger partial charge in [-0.1, -0.05) is 37.6 Å². The molecule has 1 atom stereocenters. The fraction of sp³-hybridized carbons (Fsp3) is 0.381. The van der Waals surface area contributed by atoms with Crippen LogP contribution in [0.2, 0.25) is 0 Å². The quantitative estimate of drug-likeness (QED) is 0.784. The molecule has 1 heterocycles. The number of esters is 1.